The number of carboxylic acid groups (broad SMARTS) is 1. The Labute approximate surface area is 121 Å². The number of carboxylic acids is 1. The molecule has 0 fully saturated rings. The summed E-state index contributed by atoms with van der Waals surface area (Å²) in [7, 11) is 0. The van der Waals surface area contributed by atoms with Gasteiger partial charge in [-0.05, 0) is 39.0 Å². The fourth-order valence-corrected chi connectivity index (χ4v) is 1.61. The molecule has 6 nitrogen and oxygen atoms in total. The van der Waals surface area contributed by atoms with Gasteiger partial charge in [0.25, 0.3) is 0 Å². The van der Waals surface area contributed by atoms with Gasteiger partial charge >= 0.3 is 12.1 Å². The molecule has 110 valence electrons. The molecule has 3 N–H and O–H groups in total. The number of aliphatic hydroxyl groups excluding tert-OH is 1. The largest absolute Gasteiger partial charge is 0.479 e. The Balaban J connectivity index is 2.91. The summed E-state index contributed by atoms with van der Waals surface area (Å²) in [6.07, 6.45) is -2.45. The molecule has 1 rings (SSSR count). The van der Waals surface area contributed by atoms with E-state index in [-0.39, 0.29) is 16.3 Å². The highest BCUT2D eigenvalue weighted by Gasteiger charge is 2.21. The topological polar surface area (TPSA) is 95.9 Å². The van der Waals surface area contributed by atoms with Gasteiger partial charge in [-0.25, -0.2) is 9.59 Å². The third kappa shape index (κ3) is 4.71. The van der Waals surface area contributed by atoms with E-state index in [1.54, 1.807) is 20.8 Å². The molecule has 1 atom stereocenters. The molecular weight excluding hydrogens is 286 g/mol. The maximum absolute atomic E-state index is 11.6. The molecule has 1 aromatic rings. The summed E-state index contributed by atoms with van der Waals surface area (Å²) < 4.78 is 5.06. The number of amides is 1. The van der Waals surface area contributed by atoms with Gasteiger partial charge in [-0.2, -0.15) is 0 Å². The average molecular weight is 302 g/mol. The zero-order valence-electron chi connectivity index (χ0n) is 11.3. The van der Waals surface area contributed by atoms with Crippen LogP contribution < -0.4 is 5.32 Å². The van der Waals surface area contributed by atoms with Crippen molar-refractivity contribution in [1.29, 1.82) is 0 Å². The number of carbonyl (C=O) groups is 2. The van der Waals surface area contributed by atoms with E-state index in [2.05, 4.69) is 5.32 Å². The van der Waals surface area contributed by atoms with Crippen molar-refractivity contribution in [2.45, 2.75) is 32.5 Å². The highest BCUT2D eigenvalue weighted by Crippen LogP contribution is 2.26. The first-order valence-corrected chi connectivity index (χ1v) is 6.18. The summed E-state index contributed by atoms with van der Waals surface area (Å²) in [6.45, 7) is 5.15. The van der Waals surface area contributed by atoms with Gasteiger partial charge in [-0.15, -0.1) is 0 Å². The standard InChI is InChI=1S/C13H16ClNO5/c1-13(2,3)20-12(19)15-7-4-5-9(14)8(6-7)10(16)11(17)18/h4-6,10,16H,1-3H3,(H,15,19)(H,17,18). The molecule has 20 heavy (non-hydrogen) atoms. The Kier molecular flexibility index (Phi) is 4.97. The van der Waals surface area contributed by atoms with E-state index < -0.39 is 23.8 Å². The molecule has 0 spiro atoms. The lowest BCUT2D eigenvalue weighted by Crippen LogP contribution is -2.27. The average Bonchev–Trinajstić information content (AvgIpc) is 2.28. The van der Waals surface area contributed by atoms with Crippen molar-refractivity contribution in [3.05, 3.63) is 28.8 Å². The van der Waals surface area contributed by atoms with Crippen LogP contribution in [0.1, 0.15) is 32.4 Å². The zero-order valence-corrected chi connectivity index (χ0v) is 12.1. The van der Waals surface area contributed by atoms with Gasteiger partial charge in [-0.1, -0.05) is 11.6 Å². The van der Waals surface area contributed by atoms with Crippen LogP contribution in [0, 0.1) is 0 Å². The number of benzene rings is 1. The molecule has 1 aromatic carbocycles. The second-order valence-corrected chi connectivity index (χ2v) is 5.51. The van der Waals surface area contributed by atoms with E-state index in [0.717, 1.165) is 0 Å². The van der Waals surface area contributed by atoms with E-state index in [0.29, 0.717) is 0 Å². The van der Waals surface area contributed by atoms with E-state index in [1.807, 2.05) is 0 Å². The molecule has 0 bridgehead atoms. The van der Waals surface area contributed by atoms with Gasteiger partial charge < -0.3 is 14.9 Å². The number of hydrogen-bond acceptors (Lipinski definition) is 4. The van der Waals surface area contributed by atoms with Crippen molar-refractivity contribution in [3.8, 4) is 0 Å². The normalized spacial score (nSPS) is 12.7. The van der Waals surface area contributed by atoms with Gasteiger partial charge in [0.1, 0.15) is 5.60 Å². The summed E-state index contributed by atoms with van der Waals surface area (Å²) >= 11 is 5.81. The number of aliphatic hydroxyl groups is 1. The van der Waals surface area contributed by atoms with Crippen molar-refractivity contribution in [1.82, 2.24) is 0 Å². The van der Waals surface area contributed by atoms with Crippen LogP contribution in [-0.4, -0.2) is 27.9 Å². The summed E-state index contributed by atoms with van der Waals surface area (Å²) in [4.78, 5) is 22.3. The minimum Gasteiger partial charge on any atom is -0.479 e. The molecule has 0 aliphatic carbocycles. The Hall–Kier alpha value is -1.79. The third-order valence-corrected chi connectivity index (χ3v) is 2.51. The van der Waals surface area contributed by atoms with Crippen molar-refractivity contribution >= 4 is 29.4 Å². The number of ether oxygens (including phenoxy) is 1. The Bertz CT molecular complexity index is 524. The summed E-state index contributed by atoms with van der Waals surface area (Å²) in [5, 5.41) is 20.8. The molecule has 0 heterocycles. The molecule has 0 saturated carbocycles. The minimum atomic E-state index is -1.76. The first kappa shape index (κ1) is 16.3. The Morgan fingerprint density at radius 2 is 1.95 bits per heavy atom. The van der Waals surface area contributed by atoms with Gasteiger partial charge in [0.2, 0.25) is 0 Å². The molecule has 0 saturated heterocycles. The van der Waals surface area contributed by atoms with Crippen LogP contribution in [0.2, 0.25) is 5.02 Å². The van der Waals surface area contributed by atoms with Crippen LogP contribution in [0.15, 0.2) is 18.2 Å². The minimum absolute atomic E-state index is 0.00674. The fraction of sp³-hybridized carbons (Fsp3) is 0.385. The molecule has 1 amide bonds. The second-order valence-electron chi connectivity index (χ2n) is 5.10. The van der Waals surface area contributed by atoms with Crippen LogP contribution in [0.5, 0.6) is 0 Å². The van der Waals surface area contributed by atoms with Crippen molar-refractivity contribution < 1.29 is 24.5 Å². The first-order valence-electron chi connectivity index (χ1n) is 5.80. The third-order valence-electron chi connectivity index (χ3n) is 2.17. The number of aliphatic carboxylic acids is 1. The number of rotatable bonds is 3. The molecule has 0 aromatic heterocycles. The number of anilines is 1. The summed E-state index contributed by atoms with van der Waals surface area (Å²) in [5.74, 6) is -1.43. The number of nitrogens with one attached hydrogen (secondary N) is 1. The van der Waals surface area contributed by atoms with Gasteiger partial charge in [-0.3, -0.25) is 5.32 Å². The van der Waals surface area contributed by atoms with Crippen molar-refractivity contribution in [3.63, 3.8) is 0 Å². The van der Waals surface area contributed by atoms with Crippen LogP contribution in [-0.2, 0) is 9.53 Å². The van der Waals surface area contributed by atoms with E-state index in [1.165, 1.54) is 18.2 Å². The van der Waals surface area contributed by atoms with Crippen molar-refractivity contribution in [2.24, 2.45) is 0 Å². The van der Waals surface area contributed by atoms with Gasteiger partial charge in [0.15, 0.2) is 6.10 Å². The maximum Gasteiger partial charge on any atom is 0.412 e. The molecular formula is C13H16ClNO5. The van der Waals surface area contributed by atoms with E-state index >= 15 is 0 Å². The molecule has 1 unspecified atom stereocenters. The smallest absolute Gasteiger partial charge is 0.412 e. The molecule has 0 aliphatic rings. The molecule has 7 heteroatoms. The molecule has 0 radical (unpaired) electrons. The fourth-order valence-electron chi connectivity index (χ4n) is 1.39. The van der Waals surface area contributed by atoms with Crippen LogP contribution in [0.4, 0.5) is 10.5 Å². The van der Waals surface area contributed by atoms with Crippen LogP contribution in [0.3, 0.4) is 0 Å². The summed E-state index contributed by atoms with van der Waals surface area (Å²) in [5.41, 5.74) is -0.383. The van der Waals surface area contributed by atoms with Gasteiger partial charge in [0, 0.05) is 16.3 Å². The van der Waals surface area contributed by atoms with Crippen LogP contribution >= 0.6 is 11.6 Å². The maximum atomic E-state index is 11.6. The zero-order chi connectivity index (χ0) is 15.5. The number of hydrogen-bond donors (Lipinski definition) is 3. The molecule has 0 aliphatic heterocycles. The van der Waals surface area contributed by atoms with Crippen molar-refractivity contribution in [2.75, 3.05) is 5.32 Å². The summed E-state index contributed by atoms with van der Waals surface area (Å²) in [6, 6.07) is 4.14. The Morgan fingerprint density at radius 1 is 1.35 bits per heavy atom. The highest BCUT2D eigenvalue weighted by molar-refractivity contribution is 6.31. The van der Waals surface area contributed by atoms with E-state index in [4.69, 9.17) is 21.4 Å². The predicted molar refractivity (Wildman–Crippen MR) is 73.9 cm³/mol. The Morgan fingerprint density at radius 3 is 2.45 bits per heavy atom. The quantitative estimate of drug-likeness (QED) is 0.798. The monoisotopic (exact) mass is 301 g/mol. The lowest BCUT2D eigenvalue weighted by atomic mass is 10.1. The SMILES string of the molecule is CC(C)(C)OC(=O)Nc1ccc(Cl)c(C(O)C(=O)O)c1. The highest BCUT2D eigenvalue weighted by atomic mass is 35.5. The number of halogens is 1. The number of carbonyl (C=O) groups excluding carboxylic acids is 1. The predicted octanol–water partition coefficient (Wildman–Crippen LogP) is 2.81. The van der Waals surface area contributed by atoms with E-state index in [9.17, 15) is 14.7 Å². The van der Waals surface area contributed by atoms with Crippen LogP contribution in [0.25, 0.3) is 0 Å². The lowest BCUT2D eigenvalue weighted by molar-refractivity contribution is -0.146. The lowest BCUT2D eigenvalue weighted by Gasteiger charge is -2.20. The second kappa shape index (κ2) is 6.11. The first-order chi connectivity index (χ1) is 9.10. The van der Waals surface area contributed by atoms with Gasteiger partial charge in [0.05, 0.1) is 0 Å².